The largest absolute Gasteiger partial charge is 0.338 e. The number of nitrogens with zero attached hydrogens (tertiary/aromatic N) is 4. The van der Waals surface area contributed by atoms with Crippen LogP contribution in [0.1, 0.15) is 61.5 Å². The summed E-state index contributed by atoms with van der Waals surface area (Å²) >= 11 is 0. The van der Waals surface area contributed by atoms with Crippen molar-refractivity contribution in [3.8, 4) is 0 Å². The van der Waals surface area contributed by atoms with E-state index in [2.05, 4.69) is 60.0 Å². The third kappa shape index (κ3) is 4.14. The van der Waals surface area contributed by atoms with E-state index in [9.17, 15) is 0 Å². The maximum absolute atomic E-state index is 4.77. The van der Waals surface area contributed by atoms with Gasteiger partial charge in [0.05, 0.1) is 0 Å². The molecule has 5 heteroatoms. The topological polar surface area (TPSA) is 53.9 Å². The SMILES string of the molecule is CCN(c1nc(C)nc(Nc2c(C)cc(C)cc2C)n1)C1CCCCC1. The van der Waals surface area contributed by atoms with Crippen LogP contribution in [0.25, 0.3) is 0 Å². The van der Waals surface area contributed by atoms with Gasteiger partial charge in [-0.25, -0.2) is 0 Å². The van der Waals surface area contributed by atoms with Gasteiger partial charge in [0.15, 0.2) is 0 Å². The van der Waals surface area contributed by atoms with Crippen molar-refractivity contribution in [3.63, 3.8) is 0 Å². The Morgan fingerprint density at radius 1 is 0.962 bits per heavy atom. The standard InChI is InChI=1S/C21H31N5/c1-6-26(18-10-8-7-9-11-18)21-23-17(5)22-20(25-21)24-19-15(3)12-14(2)13-16(19)4/h12-13,18H,6-11H2,1-5H3,(H,22,23,24,25). The number of aromatic nitrogens is 3. The molecule has 1 N–H and O–H groups in total. The van der Waals surface area contributed by atoms with Crippen molar-refractivity contribution < 1.29 is 0 Å². The first-order valence-electron chi connectivity index (χ1n) is 9.82. The molecule has 0 amide bonds. The minimum Gasteiger partial charge on any atom is -0.338 e. The Balaban J connectivity index is 1.90. The first kappa shape index (κ1) is 18.6. The minimum atomic E-state index is 0.547. The molecule has 0 spiro atoms. The Hall–Kier alpha value is -2.17. The predicted octanol–water partition coefficient (Wildman–Crippen LogP) is 5.01. The van der Waals surface area contributed by atoms with Crippen LogP contribution in [0.2, 0.25) is 0 Å². The fourth-order valence-corrected chi connectivity index (χ4v) is 4.10. The molecule has 0 atom stereocenters. The van der Waals surface area contributed by atoms with Gasteiger partial charge in [0.25, 0.3) is 0 Å². The summed E-state index contributed by atoms with van der Waals surface area (Å²) in [5.41, 5.74) is 4.78. The Morgan fingerprint density at radius 2 is 1.62 bits per heavy atom. The molecule has 1 aliphatic carbocycles. The van der Waals surface area contributed by atoms with Crippen molar-refractivity contribution >= 4 is 17.6 Å². The van der Waals surface area contributed by atoms with Gasteiger partial charge in [-0.05, 0) is 58.6 Å². The highest BCUT2D eigenvalue weighted by atomic mass is 15.3. The monoisotopic (exact) mass is 353 g/mol. The van der Waals surface area contributed by atoms with Crippen molar-refractivity contribution in [1.82, 2.24) is 15.0 Å². The molecule has 140 valence electrons. The molecule has 1 heterocycles. The van der Waals surface area contributed by atoms with Crippen molar-refractivity contribution in [1.29, 1.82) is 0 Å². The van der Waals surface area contributed by atoms with Gasteiger partial charge >= 0.3 is 0 Å². The zero-order chi connectivity index (χ0) is 18.7. The Labute approximate surface area is 157 Å². The van der Waals surface area contributed by atoms with E-state index in [1.54, 1.807) is 0 Å². The van der Waals surface area contributed by atoms with Crippen LogP contribution in [0.3, 0.4) is 0 Å². The quantitative estimate of drug-likeness (QED) is 0.819. The van der Waals surface area contributed by atoms with Gasteiger partial charge in [-0.1, -0.05) is 37.0 Å². The first-order valence-corrected chi connectivity index (χ1v) is 9.82. The van der Waals surface area contributed by atoms with Crippen LogP contribution >= 0.6 is 0 Å². The maximum Gasteiger partial charge on any atom is 0.232 e. The Morgan fingerprint density at radius 3 is 2.23 bits per heavy atom. The molecule has 0 unspecified atom stereocenters. The summed E-state index contributed by atoms with van der Waals surface area (Å²) in [6.07, 6.45) is 6.42. The van der Waals surface area contributed by atoms with Crippen LogP contribution in [0, 0.1) is 27.7 Å². The van der Waals surface area contributed by atoms with E-state index in [1.807, 2.05) is 6.92 Å². The highest BCUT2D eigenvalue weighted by Gasteiger charge is 2.23. The van der Waals surface area contributed by atoms with Crippen molar-refractivity contribution in [2.45, 2.75) is 72.8 Å². The van der Waals surface area contributed by atoms with Crippen LogP contribution < -0.4 is 10.2 Å². The van der Waals surface area contributed by atoms with Crippen LogP contribution in [-0.4, -0.2) is 27.5 Å². The van der Waals surface area contributed by atoms with Crippen LogP contribution in [0.15, 0.2) is 12.1 Å². The summed E-state index contributed by atoms with van der Waals surface area (Å²) in [6.45, 7) is 11.4. The third-order valence-corrected chi connectivity index (χ3v) is 5.26. The second-order valence-electron chi connectivity index (χ2n) is 7.48. The van der Waals surface area contributed by atoms with Crippen molar-refractivity contribution in [3.05, 3.63) is 34.6 Å². The van der Waals surface area contributed by atoms with Gasteiger partial charge in [-0.15, -0.1) is 0 Å². The molecule has 1 aliphatic rings. The summed E-state index contributed by atoms with van der Waals surface area (Å²) in [7, 11) is 0. The molecule has 1 fully saturated rings. The summed E-state index contributed by atoms with van der Waals surface area (Å²) in [4.78, 5) is 16.3. The van der Waals surface area contributed by atoms with E-state index in [1.165, 1.54) is 48.8 Å². The van der Waals surface area contributed by atoms with Gasteiger partial charge in [0.2, 0.25) is 11.9 Å². The molecule has 0 bridgehead atoms. The molecule has 1 saturated carbocycles. The predicted molar refractivity (Wildman–Crippen MR) is 108 cm³/mol. The second kappa shape index (κ2) is 8.02. The van der Waals surface area contributed by atoms with E-state index in [0.717, 1.165) is 24.0 Å². The summed E-state index contributed by atoms with van der Waals surface area (Å²) in [5.74, 6) is 2.20. The van der Waals surface area contributed by atoms with Crippen LogP contribution in [0.4, 0.5) is 17.6 Å². The summed E-state index contributed by atoms with van der Waals surface area (Å²) in [5, 5.41) is 3.44. The van der Waals surface area contributed by atoms with E-state index < -0.39 is 0 Å². The Bertz CT molecular complexity index is 742. The Kier molecular flexibility index (Phi) is 5.74. The van der Waals surface area contributed by atoms with Gasteiger partial charge in [-0.3, -0.25) is 0 Å². The average Bonchev–Trinajstić information content (AvgIpc) is 2.59. The number of benzene rings is 1. The zero-order valence-electron chi connectivity index (χ0n) is 16.8. The third-order valence-electron chi connectivity index (χ3n) is 5.26. The molecular formula is C21H31N5. The molecule has 1 aromatic carbocycles. The lowest BCUT2D eigenvalue weighted by atomic mass is 9.94. The molecule has 3 rings (SSSR count). The van der Waals surface area contributed by atoms with Gasteiger partial charge in [0, 0.05) is 18.3 Å². The fourth-order valence-electron chi connectivity index (χ4n) is 4.10. The highest BCUT2D eigenvalue weighted by Crippen LogP contribution is 2.28. The second-order valence-corrected chi connectivity index (χ2v) is 7.48. The molecular weight excluding hydrogens is 322 g/mol. The zero-order valence-corrected chi connectivity index (χ0v) is 16.8. The number of hydrogen-bond acceptors (Lipinski definition) is 5. The lowest BCUT2D eigenvalue weighted by Gasteiger charge is -2.33. The lowest BCUT2D eigenvalue weighted by Crippen LogP contribution is -2.38. The van der Waals surface area contributed by atoms with E-state index >= 15 is 0 Å². The maximum atomic E-state index is 4.77. The van der Waals surface area contributed by atoms with Gasteiger partial charge in [0.1, 0.15) is 5.82 Å². The number of rotatable bonds is 5. The molecule has 0 saturated heterocycles. The average molecular weight is 354 g/mol. The molecule has 2 aromatic rings. The summed E-state index contributed by atoms with van der Waals surface area (Å²) in [6, 6.07) is 4.92. The number of hydrogen-bond donors (Lipinski definition) is 1. The minimum absolute atomic E-state index is 0.547. The van der Waals surface area contributed by atoms with Crippen LogP contribution in [0.5, 0.6) is 0 Å². The highest BCUT2D eigenvalue weighted by molar-refractivity contribution is 5.64. The van der Waals surface area contributed by atoms with Crippen molar-refractivity contribution in [2.24, 2.45) is 0 Å². The lowest BCUT2D eigenvalue weighted by molar-refractivity contribution is 0.414. The van der Waals surface area contributed by atoms with Crippen LogP contribution in [-0.2, 0) is 0 Å². The number of nitrogens with one attached hydrogen (secondary N) is 1. The van der Waals surface area contributed by atoms with Gasteiger partial charge < -0.3 is 10.2 Å². The first-order chi connectivity index (χ1) is 12.5. The molecule has 1 aromatic heterocycles. The summed E-state index contributed by atoms with van der Waals surface area (Å²) < 4.78 is 0. The molecule has 0 aliphatic heterocycles. The van der Waals surface area contributed by atoms with E-state index in [4.69, 9.17) is 4.98 Å². The normalized spacial score (nSPS) is 15.1. The molecule has 0 radical (unpaired) electrons. The smallest absolute Gasteiger partial charge is 0.232 e. The number of aryl methyl sites for hydroxylation is 4. The van der Waals surface area contributed by atoms with E-state index in [-0.39, 0.29) is 0 Å². The number of anilines is 3. The van der Waals surface area contributed by atoms with Crippen molar-refractivity contribution in [2.75, 3.05) is 16.8 Å². The fraction of sp³-hybridized carbons (Fsp3) is 0.571. The molecule has 26 heavy (non-hydrogen) atoms. The molecule has 5 nitrogen and oxygen atoms in total. The van der Waals surface area contributed by atoms with Gasteiger partial charge in [-0.2, -0.15) is 15.0 Å². The van der Waals surface area contributed by atoms with E-state index in [0.29, 0.717) is 12.0 Å².